The Bertz CT molecular complexity index is 529. The third kappa shape index (κ3) is 2.71. The summed E-state index contributed by atoms with van der Waals surface area (Å²) in [6.07, 6.45) is 0. The lowest BCUT2D eigenvalue weighted by Crippen LogP contribution is -2.28. The average Bonchev–Trinajstić information content (AvgIpc) is 2.79. The van der Waals surface area contributed by atoms with Gasteiger partial charge >= 0.3 is 0 Å². The second kappa shape index (κ2) is 5.08. The molecule has 0 aliphatic heterocycles. The monoisotopic (exact) mass is 262 g/mol. The third-order valence-electron chi connectivity index (χ3n) is 2.58. The number of aromatic nitrogens is 1. The number of rotatable bonds is 4. The van der Waals surface area contributed by atoms with Gasteiger partial charge in [-0.25, -0.2) is 4.98 Å². The molecule has 0 aliphatic carbocycles. The molecule has 0 amide bonds. The number of nitrogens with two attached hydrogens (primary N) is 1. The van der Waals surface area contributed by atoms with Crippen molar-refractivity contribution in [3.05, 3.63) is 35.3 Å². The van der Waals surface area contributed by atoms with Crippen LogP contribution in [0.25, 0.3) is 10.6 Å². The van der Waals surface area contributed by atoms with E-state index in [1.165, 1.54) is 0 Å². The Labute approximate surface area is 112 Å². The highest BCUT2D eigenvalue weighted by atomic mass is 32.1. The standard InChI is InChI=1S/C14H18N2OS/c1-4-17-11-8-6-5-7-10(11)13-16-12(9-18-13)14(2,3)15/h5-9H,4,15H2,1-3H3. The van der Waals surface area contributed by atoms with E-state index in [9.17, 15) is 0 Å². The molecule has 2 aromatic rings. The van der Waals surface area contributed by atoms with Gasteiger partial charge in [-0.05, 0) is 32.9 Å². The van der Waals surface area contributed by atoms with Crippen LogP contribution in [0.5, 0.6) is 5.75 Å². The quantitative estimate of drug-likeness (QED) is 0.918. The van der Waals surface area contributed by atoms with E-state index in [1.807, 2.05) is 50.4 Å². The van der Waals surface area contributed by atoms with Gasteiger partial charge in [0.05, 0.1) is 23.4 Å². The van der Waals surface area contributed by atoms with E-state index in [-0.39, 0.29) is 0 Å². The molecule has 0 aliphatic rings. The Morgan fingerprint density at radius 1 is 1.33 bits per heavy atom. The molecule has 1 aromatic carbocycles. The lowest BCUT2D eigenvalue weighted by atomic mass is 10.0. The van der Waals surface area contributed by atoms with E-state index >= 15 is 0 Å². The molecule has 0 fully saturated rings. The van der Waals surface area contributed by atoms with Crippen molar-refractivity contribution in [2.75, 3.05) is 6.61 Å². The molecule has 4 heteroatoms. The van der Waals surface area contributed by atoms with Crippen molar-refractivity contribution in [2.24, 2.45) is 5.73 Å². The zero-order valence-electron chi connectivity index (χ0n) is 10.9. The minimum atomic E-state index is -0.407. The molecule has 0 saturated carbocycles. The van der Waals surface area contributed by atoms with Gasteiger partial charge in [0, 0.05) is 5.38 Å². The smallest absolute Gasteiger partial charge is 0.129 e. The van der Waals surface area contributed by atoms with Gasteiger partial charge in [-0.3, -0.25) is 0 Å². The van der Waals surface area contributed by atoms with Crippen molar-refractivity contribution in [3.63, 3.8) is 0 Å². The lowest BCUT2D eigenvalue weighted by Gasteiger charge is -2.14. The fourth-order valence-corrected chi connectivity index (χ4v) is 2.64. The molecule has 2 N–H and O–H groups in total. The minimum absolute atomic E-state index is 0.407. The Morgan fingerprint density at radius 2 is 2.06 bits per heavy atom. The summed E-state index contributed by atoms with van der Waals surface area (Å²) in [6, 6.07) is 7.95. The van der Waals surface area contributed by atoms with E-state index in [0.717, 1.165) is 22.0 Å². The summed E-state index contributed by atoms with van der Waals surface area (Å²) >= 11 is 1.60. The van der Waals surface area contributed by atoms with E-state index in [4.69, 9.17) is 10.5 Å². The van der Waals surface area contributed by atoms with Crippen molar-refractivity contribution in [2.45, 2.75) is 26.3 Å². The summed E-state index contributed by atoms with van der Waals surface area (Å²) in [6.45, 7) is 6.55. The normalized spacial score (nSPS) is 11.6. The van der Waals surface area contributed by atoms with Crippen molar-refractivity contribution >= 4 is 11.3 Å². The van der Waals surface area contributed by atoms with Gasteiger partial charge in [-0.2, -0.15) is 0 Å². The van der Waals surface area contributed by atoms with Crippen molar-refractivity contribution in [3.8, 4) is 16.3 Å². The first-order valence-electron chi connectivity index (χ1n) is 5.99. The van der Waals surface area contributed by atoms with Gasteiger partial charge in [0.1, 0.15) is 10.8 Å². The van der Waals surface area contributed by atoms with Crippen LogP contribution >= 0.6 is 11.3 Å². The van der Waals surface area contributed by atoms with Crippen LogP contribution < -0.4 is 10.5 Å². The molecule has 3 nitrogen and oxygen atoms in total. The molecule has 0 unspecified atom stereocenters. The lowest BCUT2D eigenvalue weighted by molar-refractivity contribution is 0.341. The highest BCUT2D eigenvalue weighted by molar-refractivity contribution is 7.13. The molecule has 2 rings (SSSR count). The number of hydrogen-bond acceptors (Lipinski definition) is 4. The number of benzene rings is 1. The van der Waals surface area contributed by atoms with Gasteiger partial charge in [0.2, 0.25) is 0 Å². The number of ether oxygens (including phenoxy) is 1. The number of nitrogens with zero attached hydrogens (tertiary/aromatic N) is 1. The van der Waals surface area contributed by atoms with Crippen molar-refractivity contribution in [1.82, 2.24) is 4.98 Å². The summed E-state index contributed by atoms with van der Waals surface area (Å²) in [5.74, 6) is 0.871. The van der Waals surface area contributed by atoms with Crippen molar-refractivity contribution < 1.29 is 4.74 Å². The maximum absolute atomic E-state index is 6.06. The van der Waals surface area contributed by atoms with Gasteiger partial charge in [-0.1, -0.05) is 12.1 Å². The Balaban J connectivity index is 2.40. The predicted molar refractivity (Wildman–Crippen MR) is 75.9 cm³/mol. The number of para-hydroxylation sites is 1. The fourth-order valence-electron chi connectivity index (χ4n) is 1.62. The first-order chi connectivity index (χ1) is 8.52. The second-order valence-electron chi connectivity index (χ2n) is 4.69. The van der Waals surface area contributed by atoms with Crippen LogP contribution in [0.15, 0.2) is 29.6 Å². The van der Waals surface area contributed by atoms with Gasteiger partial charge in [0.15, 0.2) is 0 Å². The van der Waals surface area contributed by atoms with Gasteiger partial charge in [0.25, 0.3) is 0 Å². The molecule has 18 heavy (non-hydrogen) atoms. The van der Waals surface area contributed by atoms with Gasteiger partial charge < -0.3 is 10.5 Å². The summed E-state index contributed by atoms with van der Waals surface area (Å²) in [5, 5.41) is 2.96. The number of thiazole rings is 1. The maximum Gasteiger partial charge on any atom is 0.129 e. The molecule has 0 radical (unpaired) electrons. The Hall–Kier alpha value is -1.39. The largest absolute Gasteiger partial charge is 0.493 e. The molecule has 0 spiro atoms. The molecule has 1 aromatic heterocycles. The Morgan fingerprint density at radius 3 is 2.67 bits per heavy atom. The molecule has 0 saturated heterocycles. The summed E-state index contributed by atoms with van der Waals surface area (Å²) in [5.41, 5.74) is 7.59. The van der Waals surface area contributed by atoms with E-state index in [0.29, 0.717) is 6.61 Å². The highest BCUT2D eigenvalue weighted by Gasteiger charge is 2.19. The Kier molecular flexibility index (Phi) is 3.68. The topological polar surface area (TPSA) is 48.1 Å². The van der Waals surface area contributed by atoms with Crippen LogP contribution in [0.1, 0.15) is 26.5 Å². The molecule has 0 bridgehead atoms. The van der Waals surface area contributed by atoms with Crippen LogP contribution in [0, 0.1) is 0 Å². The molecule has 1 heterocycles. The van der Waals surface area contributed by atoms with Crippen LogP contribution in [0.4, 0.5) is 0 Å². The van der Waals surface area contributed by atoms with Crippen LogP contribution in [0.3, 0.4) is 0 Å². The number of hydrogen-bond donors (Lipinski definition) is 1. The second-order valence-corrected chi connectivity index (χ2v) is 5.55. The molecular formula is C14H18N2OS. The summed E-state index contributed by atoms with van der Waals surface area (Å²) in [4.78, 5) is 4.61. The molecular weight excluding hydrogens is 244 g/mol. The predicted octanol–water partition coefficient (Wildman–Crippen LogP) is 3.40. The average molecular weight is 262 g/mol. The maximum atomic E-state index is 6.06. The first-order valence-corrected chi connectivity index (χ1v) is 6.87. The zero-order chi connectivity index (χ0) is 13.2. The van der Waals surface area contributed by atoms with E-state index < -0.39 is 5.54 Å². The van der Waals surface area contributed by atoms with E-state index in [1.54, 1.807) is 11.3 Å². The van der Waals surface area contributed by atoms with Gasteiger partial charge in [-0.15, -0.1) is 11.3 Å². The fraction of sp³-hybridized carbons (Fsp3) is 0.357. The van der Waals surface area contributed by atoms with Crippen LogP contribution in [0.2, 0.25) is 0 Å². The van der Waals surface area contributed by atoms with Crippen molar-refractivity contribution in [1.29, 1.82) is 0 Å². The molecule has 96 valence electrons. The van der Waals surface area contributed by atoms with Crippen LogP contribution in [-0.4, -0.2) is 11.6 Å². The SMILES string of the molecule is CCOc1ccccc1-c1nc(C(C)(C)N)cs1. The zero-order valence-corrected chi connectivity index (χ0v) is 11.8. The summed E-state index contributed by atoms with van der Waals surface area (Å²) in [7, 11) is 0. The van der Waals surface area contributed by atoms with E-state index in [2.05, 4.69) is 4.98 Å². The highest BCUT2D eigenvalue weighted by Crippen LogP contribution is 2.33. The minimum Gasteiger partial charge on any atom is -0.493 e. The van der Waals surface area contributed by atoms with Crippen LogP contribution in [-0.2, 0) is 5.54 Å². The third-order valence-corrected chi connectivity index (χ3v) is 3.46. The first kappa shape index (κ1) is 13.1. The molecule has 0 atom stereocenters. The summed E-state index contributed by atoms with van der Waals surface area (Å²) < 4.78 is 5.62.